The van der Waals surface area contributed by atoms with E-state index in [2.05, 4.69) is 6.07 Å². The highest BCUT2D eigenvalue weighted by atomic mass is 32.2. The fourth-order valence-corrected chi connectivity index (χ4v) is 2.10. The minimum absolute atomic E-state index is 0.0713. The molecule has 77 valence electrons. The van der Waals surface area contributed by atoms with Crippen LogP contribution in [-0.2, 0) is 10.1 Å². The molecule has 0 heterocycles. The van der Waals surface area contributed by atoms with Crippen LogP contribution in [0.3, 0.4) is 0 Å². The van der Waals surface area contributed by atoms with Gasteiger partial charge in [-0.3, -0.25) is 4.55 Å². The molecule has 2 aromatic rings. The molecule has 0 aromatic heterocycles. The Labute approximate surface area is 86.5 Å². The first-order valence-corrected chi connectivity index (χ1v) is 5.54. The predicted molar refractivity (Wildman–Crippen MR) is 54.3 cm³/mol. The van der Waals surface area contributed by atoms with E-state index in [0.717, 1.165) is 0 Å². The third-order valence-electron chi connectivity index (χ3n) is 2.05. The van der Waals surface area contributed by atoms with Crippen LogP contribution in [0.1, 0.15) is 0 Å². The fourth-order valence-electron chi connectivity index (χ4n) is 1.41. The highest BCUT2D eigenvalue weighted by Gasteiger charge is 2.14. The number of aromatic hydroxyl groups is 1. The van der Waals surface area contributed by atoms with Crippen LogP contribution in [0.5, 0.6) is 5.75 Å². The lowest BCUT2D eigenvalue weighted by Gasteiger charge is -2.04. The van der Waals surface area contributed by atoms with E-state index in [1.54, 1.807) is 0 Å². The molecule has 0 saturated carbocycles. The molecule has 2 aromatic carbocycles. The van der Waals surface area contributed by atoms with Gasteiger partial charge < -0.3 is 5.11 Å². The van der Waals surface area contributed by atoms with Crippen molar-refractivity contribution in [2.45, 2.75) is 4.90 Å². The van der Waals surface area contributed by atoms with E-state index >= 15 is 0 Å². The molecule has 5 heteroatoms. The maximum atomic E-state index is 11.0. The number of rotatable bonds is 1. The summed E-state index contributed by atoms with van der Waals surface area (Å²) in [5, 5.41) is 9.97. The summed E-state index contributed by atoms with van der Waals surface area (Å²) in [6.45, 7) is 0. The van der Waals surface area contributed by atoms with E-state index < -0.39 is 10.1 Å². The van der Waals surface area contributed by atoms with Gasteiger partial charge in [-0.1, -0.05) is 18.2 Å². The molecule has 0 unspecified atom stereocenters. The Bertz CT molecular complexity index is 616. The number of phenolic OH excluding ortho intramolecular Hbond substituents is 1. The number of hydrogen-bond acceptors (Lipinski definition) is 3. The van der Waals surface area contributed by atoms with E-state index in [1.807, 2.05) is 0 Å². The molecule has 4 nitrogen and oxygen atoms in total. The lowest BCUT2D eigenvalue weighted by molar-refractivity contribution is 0.481. The van der Waals surface area contributed by atoms with Gasteiger partial charge in [-0.25, -0.2) is 0 Å². The van der Waals surface area contributed by atoms with Crippen molar-refractivity contribution >= 4 is 20.9 Å². The highest BCUT2D eigenvalue weighted by Crippen LogP contribution is 2.28. The Morgan fingerprint density at radius 3 is 2.60 bits per heavy atom. The van der Waals surface area contributed by atoms with Gasteiger partial charge in [0.25, 0.3) is 10.1 Å². The molecule has 0 atom stereocenters. The fraction of sp³-hybridized carbons (Fsp3) is 0. The summed E-state index contributed by atoms with van der Waals surface area (Å²) in [7, 11) is -4.28. The molecule has 0 amide bonds. The zero-order chi connectivity index (χ0) is 11.1. The molecule has 15 heavy (non-hydrogen) atoms. The zero-order valence-corrected chi connectivity index (χ0v) is 8.32. The van der Waals surface area contributed by atoms with Gasteiger partial charge >= 0.3 is 0 Å². The SMILES string of the molecule is O=S(=O)(O)c1cc[c]c2c(O)cccc12. The van der Waals surface area contributed by atoms with Gasteiger partial charge in [-0.2, -0.15) is 8.42 Å². The summed E-state index contributed by atoms with van der Waals surface area (Å²) in [6, 6.07) is 9.70. The second kappa shape index (κ2) is 3.22. The Morgan fingerprint density at radius 2 is 1.93 bits per heavy atom. The molecule has 0 spiro atoms. The Kier molecular flexibility index (Phi) is 2.13. The highest BCUT2D eigenvalue weighted by molar-refractivity contribution is 7.86. The summed E-state index contributed by atoms with van der Waals surface area (Å²) in [4.78, 5) is -0.229. The average Bonchev–Trinajstić information content (AvgIpc) is 2.16. The molecule has 0 aliphatic heterocycles. The lowest BCUT2D eigenvalue weighted by Crippen LogP contribution is -1.98. The predicted octanol–water partition coefficient (Wildman–Crippen LogP) is 1.59. The number of benzene rings is 2. The Hall–Kier alpha value is -1.59. The van der Waals surface area contributed by atoms with Gasteiger partial charge in [-0.15, -0.1) is 0 Å². The number of fused-ring (bicyclic) bond motifs is 1. The maximum absolute atomic E-state index is 11.0. The largest absolute Gasteiger partial charge is 0.507 e. The normalized spacial score (nSPS) is 11.8. The summed E-state index contributed by atoms with van der Waals surface area (Å²) < 4.78 is 31.0. The lowest BCUT2D eigenvalue weighted by atomic mass is 10.1. The van der Waals surface area contributed by atoms with Gasteiger partial charge in [0.15, 0.2) is 0 Å². The van der Waals surface area contributed by atoms with E-state index in [-0.39, 0.29) is 21.4 Å². The molecule has 0 fully saturated rings. The molecule has 2 N–H and O–H groups in total. The van der Waals surface area contributed by atoms with Crippen LogP contribution in [0.4, 0.5) is 0 Å². The van der Waals surface area contributed by atoms with Gasteiger partial charge in [0.05, 0.1) is 0 Å². The van der Waals surface area contributed by atoms with Gasteiger partial charge in [0.2, 0.25) is 0 Å². The second-order valence-electron chi connectivity index (χ2n) is 3.02. The number of hydrogen-bond donors (Lipinski definition) is 2. The van der Waals surface area contributed by atoms with Crippen LogP contribution in [-0.4, -0.2) is 18.1 Å². The van der Waals surface area contributed by atoms with Gasteiger partial charge in [0.1, 0.15) is 10.6 Å². The van der Waals surface area contributed by atoms with Crippen molar-refractivity contribution < 1.29 is 18.1 Å². The molecule has 1 radical (unpaired) electrons. The monoisotopic (exact) mass is 223 g/mol. The van der Waals surface area contributed by atoms with Crippen LogP contribution in [0.15, 0.2) is 35.2 Å². The van der Waals surface area contributed by atoms with Crippen molar-refractivity contribution in [2.24, 2.45) is 0 Å². The average molecular weight is 223 g/mol. The van der Waals surface area contributed by atoms with Gasteiger partial charge in [-0.05, 0) is 18.2 Å². The third kappa shape index (κ3) is 1.67. The minimum atomic E-state index is -4.28. The van der Waals surface area contributed by atoms with Crippen LogP contribution < -0.4 is 0 Å². The quantitative estimate of drug-likeness (QED) is 0.720. The van der Waals surface area contributed by atoms with Crippen LogP contribution >= 0.6 is 0 Å². The minimum Gasteiger partial charge on any atom is -0.507 e. The Balaban J connectivity index is 2.96. The van der Waals surface area contributed by atoms with Crippen LogP contribution in [0, 0.1) is 6.07 Å². The first kappa shape index (κ1) is 9.95. The second-order valence-corrected chi connectivity index (χ2v) is 4.41. The van der Waals surface area contributed by atoms with Gasteiger partial charge in [0, 0.05) is 10.8 Å². The van der Waals surface area contributed by atoms with Crippen molar-refractivity contribution in [2.75, 3.05) is 0 Å². The van der Waals surface area contributed by atoms with Crippen molar-refractivity contribution in [3.63, 3.8) is 0 Å². The first-order valence-electron chi connectivity index (χ1n) is 4.10. The summed E-state index contributed by atoms with van der Waals surface area (Å²) >= 11 is 0. The van der Waals surface area contributed by atoms with Crippen molar-refractivity contribution in [1.29, 1.82) is 0 Å². The Morgan fingerprint density at radius 1 is 1.20 bits per heavy atom. The molecule has 2 rings (SSSR count). The van der Waals surface area contributed by atoms with Crippen molar-refractivity contribution in [3.8, 4) is 5.75 Å². The first-order chi connectivity index (χ1) is 7.00. The molecular formula is C10H7O4S. The van der Waals surface area contributed by atoms with E-state index in [0.29, 0.717) is 0 Å². The smallest absolute Gasteiger partial charge is 0.295 e. The molecule has 0 aliphatic carbocycles. The number of phenols is 1. The summed E-state index contributed by atoms with van der Waals surface area (Å²) in [5.74, 6) is -0.0713. The van der Waals surface area contributed by atoms with E-state index in [9.17, 15) is 13.5 Å². The van der Waals surface area contributed by atoms with Crippen LogP contribution in [0.25, 0.3) is 10.8 Å². The summed E-state index contributed by atoms with van der Waals surface area (Å²) in [6.07, 6.45) is 0. The van der Waals surface area contributed by atoms with E-state index in [4.69, 9.17) is 4.55 Å². The molecule has 0 aliphatic rings. The molecule has 0 bridgehead atoms. The van der Waals surface area contributed by atoms with E-state index in [1.165, 1.54) is 30.3 Å². The standard InChI is InChI=1S/C10H7O4S/c11-9-5-1-4-8-7(9)3-2-6-10(8)15(12,13)14/h1-2,4-6,11H,(H,12,13,14). The summed E-state index contributed by atoms with van der Waals surface area (Å²) in [5.41, 5.74) is 0. The molecular weight excluding hydrogens is 216 g/mol. The molecule has 0 saturated heterocycles. The van der Waals surface area contributed by atoms with Crippen LogP contribution in [0.2, 0.25) is 0 Å². The van der Waals surface area contributed by atoms with Crippen molar-refractivity contribution in [1.82, 2.24) is 0 Å². The van der Waals surface area contributed by atoms with Crippen molar-refractivity contribution in [3.05, 3.63) is 36.4 Å². The third-order valence-corrected chi connectivity index (χ3v) is 2.96. The zero-order valence-electron chi connectivity index (χ0n) is 7.51. The maximum Gasteiger partial charge on any atom is 0.295 e. The topological polar surface area (TPSA) is 74.6 Å².